The molecule has 0 aliphatic carbocycles. The fraction of sp³-hybridized carbons (Fsp3) is 0.364. The summed E-state index contributed by atoms with van der Waals surface area (Å²) in [5.41, 5.74) is 2.18. The Hall–Kier alpha value is -1.91. The van der Waals surface area contributed by atoms with Gasteiger partial charge >= 0.3 is 5.97 Å². The molecule has 0 radical (unpaired) electrons. The molecule has 0 atom stereocenters. The van der Waals surface area contributed by atoms with Gasteiger partial charge in [-0.05, 0) is 19.9 Å². The van der Waals surface area contributed by atoms with Gasteiger partial charge in [0, 0.05) is 18.6 Å². The van der Waals surface area contributed by atoms with Crippen LogP contribution < -0.4 is 0 Å². The van der Waals surface area contributed by atoms with E-state index in [1.54, 1.807) is 19.9 Å². The Morgan fingerprint density at radius 3 is 2.44 bits per heavy atom. The number of aryl methyl sites for hydroxylation is 1. The molecular formula is C11H14N2O3. The highest BCUT2D eigenvalue weighted by molar-refractivity contribution is 5.87. The second-order valence-electron chi connectivity index (χ2n) is 3.37. The van der Waals surface area contributed by atoms with Gasteiger partial charge in [0.15, 0.2) is 0 Å². The van der Waals surface area contributed by atoms with E-state index in [-0.39, 0.29) is 5.91 Å². The minimum absolute atomic E-state index is 0.154. The van der Waals surface area contributed by atoms with Crippen molar-refractivity contribution in [2.45, 2.75) is 20.8 Å². The summed E-state index contributed by atoms with van der Waals surface area (Å²) in [6.45, 7) is 5.00. The van der Waals surface area contributed by atoms with Crippen molar-refractivity contribution in [3.05, 3.63) is 23.0 Å². The highest BCUT2D eigenvalue weighted by Gasteiger charge is 2.11. The zero-order valence-corrected chi connectivity index (χ0v) is 9.77. The number of carbonyl (C=O) groups excluding carboxylic acids is 2. The fourth-order valence-corrected chi connectivity index (χ4v) is 1.42. The monoisotopic (exact) mass is 222 g/mol. The Kier molecular flexibility index (Phi) is 3.60. The van der Waals surface area contributed by atoms with Crippen LogP contribution >= 0.6 is 0 Å². The predicted octanol–water partition coefficient (Wildman–Crippen LogP) is 1.35. The van der Waals surface area contributed by atoms with Crippen LogP contribution in [0.5, 0.6) is 0 Å². The van der Waals surface area contributed by atoms with E-state index in [1.165, 1.54) is 24.8 Å². The van der Waals surface area contributed by atoms with Crippen LogP contribution in [0.4, 0.5) is 0 Å². The number of hydrogen-bond acceptors (Lipinski definition) is 4. The first-order valence-electron chi connectivity index (χ1n) is 4.80. The lowest BCUT2D eigenvalue weighted by atomic mass is 10.2. The van der Waals surface area contributed by atoms with E-state index in [1.807, 2.05) is 0 Å². The van der Waals surface area contributed by atoms with Crippen LogP contribution in [0.25, 0.3) is 6.08 Å². The highest BCUT2D eigenvalue weighted by Crippen LogP contribution is 2.14. The quantitative estimate of drug-likeness (QED) is 0.559. The first kappa shape index (κ1) is 12.2. The van der Waals surface area contributed by atoms with Gasteiger partial charge in [0.05, 0.1) is 18.5 Å². The molecule has 16 heavy (non-hydrogen) atoms. The molecule has 0 aromatic carbocycles. The van der Waals surface area contributed by atoms with Gasteiger partial charge < -0.3 is 4.74 Å². The zero-order chi connectivity index (χ0) is 12.3. The van der Waals surface area contributed by atoms with Crippen molar-refractivity contribution < 1.29 is 14.3 Å². The predicted molar refractivity (Wildman–Crippen MR) is 59.1 cm³/mol. The molecule has 86 valence electrons. The molecule has 0 N–H and O–H groups in total. The van der Waals surface area contributed by atoms with E-state index < -0.39 is 5.97 Å². The SMILES string of the molecule is COC(=O)C=Cc1c(C)nn(C(C)=O)c1C. The summed E-state index contributed by atoms with van der Waals surface area (Å²) in [5.74, 6) is -0.590. The van der Waals surface area contributed by atoms with Gasteiger partial charge in [0.1, 0.15) is 0 Å². The Bertz CT molecular complexity index is 458. The zero-order valence-electron chi connectivity index (χ0n) is 9.77. The largest absolute Gasteiger partial charge is 0.466 e. The normalized spacial score (nSPS) is 10.8. The van der Waals surface area contributed by atoms with Crippen LogP contribution in [0.2, 0.25) is 0 Å². The minimum atomic E-state index is -0.436. The maximum Gasteiger partial charge on any atom is 0.330 e. The first-order valence-corrected chi connectivity index (χ1v) is 4.80. The number of ether oxygens (including phenoxy) is 1. The summed E-state index contributed by atoms with van der Waals surface area (Å²) in [7, 11) is 1.31. The molecule has 0 amide bonds. The molecule has 1 heterocycles. The number of aromatic nitrogens is 2. The fourth-order valence-electron chi connectivity index (χ4n) is 1.42. The van der Waals surface area contributed by atoms with E-state index in [9.17, 15) is 9.59 Å². The van der Waals surface area contributed by atoms with Crippen LogP contribution in [0.15, 0.2) is 6.08 Å². The van der Waals surface area contributed by atoms with Crippen molar-refractivity contribution in [3.63, 3.8) is 0 Å². The van der Waals surface area contributed by atoms with Crippen LogP contribution in [-0.4, -0.2) is 28.8 Å². The third kappa shape index (κ3) is 2.36. The van der Waals surface area contributed by atoms with Crippen LogP contribution in [0.3, 0.4) is 0 Å². The molecule has 0 spiro atoms. The van der Waals surface area contributed by atoms with Crippen molar-refractivity contribution in [1.82, 2.24) is 9.78 Å². The average Bonchev–Trinajstić information content (AvgIpc) is 2.51. The van der Waals surface area contributed by atoms with Crippen molar-refractivity contribution >= 4 is 18.0 Å². The van der Waals surface area contributed by atoms with Gasteiger partial charge in [0.2, 0.25) is 5.91 Å². The maximum absolute atomic E-state index is 11.2. The van der Waals surface area contributed by atoms with Gasteiger partial charge in [0.25, 0.3) is 0 Å². The van der Waals surface area contributed by atoms with Crippen molar-refractivity contribution in [1.29, 1.82) is 0 Å². The number of methoxy groups -OCH3 is 1. The van der Waals surface area contributed by atoms with Crippen LogP contribution in [-0.2, 0) is 9.53 Å². The molecule has 0 saturated carbocycles. The van der Waals surface area contributed by atoms with Gasteiger partial charge in [-0.1, -0.05) is 0 Å². The molecule has 5 heteroatoms. The lowest BCUT2D eigenvalue weighted by molar-refractivity contribution is -0.134. The van der Waals surface area contributed by atoms with Gasteiger partial charge in [-0.3, -0.25) is 4.79 Å². The van der Waals surface area contributed by atoms with E-state index in [0.29, 0.717) is 11.4 Å². The average molecular weight is 222 g/mol. The van der Waals surface area contributed by atoms with Crippen molar-refractivity contribution in [2.24, 2.45) is 0 Å². The third-order valence-corrected chi connectivity index (χ3v) is 2.23. The molecule has 1 rings (SSSR count). The molecule has 1 aromatic heterocycles. The third-order valence-electron chi connectivity index (χ3n) is 2.23. The Morgan fingerprint density at radius 1 is 1.38 bits per heavy atom. The summed E-state index contributed by atoms with van der Waals surface area (Å²) in [5, 5.41) is 4.08. The molecule has 0 fully saturated rings. The van der Waals surface area contributed by atoms with E-state index >= 15 is 0 Å². The molecule has 0 aliphatic rings. The minimum Gasteiger partial charge on any atom is -0.466 e. The number of carbonyl (C=O) groups is 2. The van der Waals surface area contributed by atoms with E-state index in [0.717, 1.165) is 5.56 Å². The summed E-state index contributed by atoms with van der Waals surface area (Å²) in [4.78, 5) is 22.2. The van der Waals surface area contributed by atoms with E-state index in [4.69, 9.17) is 0 Å². The molecule has 0 unspecified atom stereocenters. The molecule has 5 nitrogen and oxygen atoms in total. The number of nitrogens with zero attached hydrogens (tertiary/aromatic N) is 2. The molecular weight excluding hydrogens is 208 g/mol. The first-order chi connectivity index (χ1) is 7.47. The Labute approximate surface area is 93.7 Å². The Morgan fingerprint density at radius 2 is 2.00 bits per heavy atom. The van der Waals surface area contributed by atoms with Crippen LogP contribution in [0, 0.1) is 13.8 Å². The number of rotatable bonds is 2. The maximum atomic E-state index is 11.2. The Balaban J connectivity index is 3.10. The highest BCUT2D eigenvalue weighted by atomic mass is 16.5. The second-order valence-corrected chi connectivity index (χ2v) is 3.37. The molecule has 1 aromatic rings. The second kappa shape index (κ2) is 4.74. The lowest BCUT2D eigenvalue weighted by Crippen LogP contribution is -2.09. The lowest BCUT2D eigenvalue weighted by Gasteiger charge is -1.97. The van der Waals surface area contributed by atoms with Gasteiger partial charge in [-0.25, -0.2) is 9.48 Å². The summed E-state index contributed by atoms with van der Waals surface area (Å²) in [6, 6.07) is 0. The summed E-state index contributed by atoms with van der Waals surface area (Å²) < 4.78 is 5.80. The number of hydrogen-bond donors (Lipinski definition) is 0. The summed E-state index contributed by atoms with van der Waals surface area (Å²) >= 11 is 0. The van der Waals surface area contributed by atoms with Crippen LogP contribution in [0.1, 0.15) is 28.7 Å². The van der Waals surface area contributed by atoms with Gasteiger partial charge in [-0.15, -0.1) is 0 Å². The topological polar surface area (TPSA) is 61.2 Å². The molecule has 0 bridgehead atoms. The van der Waals surface area contributed by atoms with Crippen molar-refractivity contribution in [2.75, 3.05) is 7.11 Å². The van der Waals surface area contributed by atoms with Crippen molar-refractivity contribution in [3.8, 4) is 0 Å². The molecule has 0 saturated heterocycles. The van der Waals surface area contributed by atoms with Gasteiger partial charge in [-0.2, -0.15) is 5.10 Å². The standard InChI is InChI=1S/C11H14N2O3/c1-7-10(5-6-11(15)16-4)8(2)13(12-7)9(3)14/h5-6H,1-4H3. The molecule has 0 aliphatic heterocycles. The number of esters is 1. The van der Waals surface area contributed by atoms with E-state index in [2.05, 4.69) is 9.84 Å². The summed E-state index contributed by atoms with van der Waals surface area (Å²) in [6.07, 6.45) is 2.91. The smallest absolute Gasteiger partial charge is 0.330 e.